The van der Waals surface area contributed by atoms with Gasteiger partial charge in [0.05, 0.1) is 5.02 Å². The van der Waals surface area contributed by atoms with E-state index >= 15 is 0 Å². The average Bonchev–Trinajstić information content (AvgIpc) is 2.82. The molecule has 0 fully saturated rings. The lowest BCUT2D eigenvalue weighted by Gasteiger charge is -2.00. The topological polar surface area (TPSA) is 52.0 Å². The first-order valence-corrected chi connectivity index (χ1v) is 7.21. The lowest BCUT2D eigenvalue weighted by Crippen LogP contribution is -1.84. The summed E-state index contributed by atoms with van der Waals surface area (Å²) >= 11 is 7.03. The monoisotopic (exact) mass is 308 g/mol. The molecule has 0 saturated heterocycles. The summed E-state index contributed by atoms with van der Waals surface area (Å²) in [6.45, 7) is 0. The standard InChI is InChI=1S/C14H10ClFN2OS/c15-10-3-1-8(5-11(10)16)7-20-14-18-12-6-9(17)2-4-13(12)19-14/h1-6H,7,17H2. The molecule has 0 atom stereocenters. The van der Waals surface area contributed by atoms with E-state index < -0.39 is 5.82 Å². The number of aromatic nitrogens is 1. The van der Waals surface area contributed by atoms with E-state index in [1.54, 1.807) is 30.3 Å². The Morgan fingerprint density at radius 1 is 1.25 bits per heavy atom. The van der Waals surface area contributed by atoms with Crippen LogP contribution < -0.4 is 5.73 Å². The first kappa shape index (κ1) is 13.3. The number of fused-ring (bicyclic) bond motifs is 1. The summed E-state index contributed by atoms with van der Waals surface area (Å²) in [6, 6.07) is 10.0. The highest BCUT2D eigenvalue weighted by Crippen LogP contribution is 2.28. The molecule has 1 aromatic heterocycles. The molecule has 0 aliphatic rings. The number of nitrogen functional groups attached to an aromatic ring is 1. The fraction of sp³-hybridized carbons (Fsp3) is 0.0714. The summed E-state index contributed by atoms with van der Waals surface area (Å²) in [6.07, 6.45) is 0. The first-order valence-electron chi connectivity index (χ1n) is 5.84. The molecule has 1 heterocycles. The normalized spacial score (nSPS) is 11.1. The Labute approximate surface area is 123 Å². The van der Waals surface area contributed by atoms with Gasteiger partial charge in [0, 0.05) is 11.4 Å². The number of halogens is 2. The van der Waals surface area contributed by atoms with Gasteiger partial charge in [-0.3, -0.25) is 0 Å². The van der Waals surface area contributed by atoms with Crippen molar-refractivity contribution in [3.05, 3.63) is 52.8 Å². The van der Waals surface area contributed by atoms with E-state index in [0.29, 0.717) is 22.2 Å². The average molecular weight is 309 g/mol. The van der Waals surface area contributed by atoms with E-state index in [4.69, 9.17) is 21.8 Å². The van der Waals surface area contributed by atoms with Gasteiger partial charge >= 0.3 is 0 Å². The van der Waals surface area contributed by atoms with Crippen molar-refractivity contribution >= 4 is 40.1 Å². The van der Waals surface area contributed by atoms with E-state index in [1.807, 2.05) is 0 Å². The van der Waals surface area contributed by atoms with Gasteiger partial charge in [0.1, 0.15) is 11.3 Å². The van der Waals surface area contributed by atoms with Crippen LogP contribution in [-0.4, -0.2) is 4.98 Å². The number of anilines is 1. The number of nitrogens with two attached hydrogens (primary N) is 1. The molecular weight excluding hydrogens is 299 g/mol. The molecule has 0 aliphatic heterocycles. The molecule has 0 amide bonds. The van der Waals surface area contributed by atoms with Gasteiger partial charge < -0.3 is 10.2 Å². The lowest BCUT2D eigenvalue weighted by molar-refractivity contribution is 0.489. The summed E-state index contributed by atoms with van der Waals surface area (Å²) in [5, 5.41) is 0.650. The minimum absolute atomic E-state index is 0.121. The zero-order valence-corrected chi connectivity index (χ0v) is 11.8. The predicted molar refractivity (Wildman–Crippen MR) is 79.4 cm³/mol. The quantitative estimate of drug-likeness (QED) is 0.572. The van der Waals surface area contributed by atoms with E-state index in [9.17, 15) is 4.39 Å². The number of nitrogens with zero attached hydrogens (tertiary/aromatic N) is 1. The third kappa shape index (κ3) is 2.73. The van der Waals surface area contributed by atoms with Crippen LogP contribution in [0.4, 0.5) is 10.1 Å². The van der Waals surface area contributed by atoms with Crippen molar-refractivity contribution in [2.24, 2.45) is 0 Å². The Morgan fingerprint density at radius 2 is 2.10 bits per heavy atom. The predicted octanol–water partition coefficient (Wildman–Crippen LogP) is 4.49. The zero-order valence-electron chi connectivity index (χ0n) is 10.3. The number of benzene rings is 2. The summed E-state index contributed by atoms with van der Waals surface area (Å²) in [4.78, 5) is 4.33. The molecule has 102 valence electrons. The molecule has 0 aliphatic carbocycles. The Bertz CT molecular complexity index is 775. The Balaban J connectivity index is 1.77. The van der Waals surface area contributed by atoms with Crippen LogP contribution in [0, 0.1) is 5.82 Å². The van der Waals surface area contributed by atoms with Crippen LogP contribution in [0.15, 0.2) is 46.0 Å². The molecule has 0 bridgehead atoms. The molecular formula is C14H10ClFN2OS. The van der Waals surface area contributed by atoms with E-state index in [2.05, 4.69) is 4.98 Å². The highest BCUT2D eigenvalue weighted by Gasteiger charge is 2.08. The van der Waals surface area contributed by atoms with Gasteiger partial charge in [0.25, 0.3) is 5.22 Å². The van der Waals surface area contributed by atoms with Crippen LogP contribution in [0.25, 0.3) is 11.1 Å². The fourth-order valence-electron chi connectivity index (χ4n) is 1.76. The molecule has 3 rings (SSSR count). The smallest absolute Gasteiger partial charge is 0.257 e. The van der Waals surface area contributed by atoms with Crippen LogP contribution >= 0.6 is 23.4 Å². The Hall–Kier alpha value is -1.72. The maximum absolute atomic E-state index is 13.3. The van der Waals surface area contributed by atoms with Gasteiger partial charge in [-0.2, -0.15) is 0 Å². The van der Waals surface area contributed by atoms with E-state index in [1.165, 1.54) is 17.8 Å². The third-order valence-corrected chi connectivity index (χ3v) is 3.94. The maximum Gasteiger partial charge on any atom is 0.257 e. The van der Waals surface area contributed by atoms with Crippen molar-refractivity contribution in [1.29, 1.82) is 0 Å². The lowest BCUT2D eigenvalue weighted by atomic mass is 10.2. The van der Waals surface area contributed by atoms with E-state index in [0.717, 1.165) is 11.1 Å². The second kappa shape index (κ2) is 5.34. The molecule has 0 unspecified atom stereocenters. The minimum Gasteiger partial charge on any atom is -0.431 e. The molecule has 0 saturated carbocycles. The largest absolute Gasteiger partial charge is 0.431 e. The Morgan fingerprint density at radius 3 is 2.90 bits per heavy atom. The van der Waals surface area contributed by atoms with Gasteiger partial charge in [0.2, 0.25) is 0 Å². The van der Waals surface area contributed by atoms with Gasteiger partial charge in [-0.25, -0.2) is 9.37 Å². The first-order chi connectivity index (χ1) is 9.61. The summed E-state index contributed by atoms with van der Waals surface area (Å²) in [5.74, 6) is 0.131. The van der Waals surface area contributed by atoms with Gasteiger partial charge in [-0.05, 0) is 35.9 Å². The zero-order chi connectivity index (χ0) is 14.1. The van der Waals surface area contributed by atoms with E-state index in [-0.39, 0.29) is 5.02 Å². The minimum atomic E-state index is -0.421. The van der Waals surface area contributed by atoms with Crippen LogP contribution in [0.2, 0.25) is 5.02 Å². The Kier molecular flexibility index (Phi) is 3.54. The summed E-state index contributed by atoms with van der Waals surface area (Å²) in [7, 11) is 0. The highest BCUT2D eigenvalue weighted by molar-refractivity contribution is 7.98. The molecule has 0 radical (unpaired) electrons. The number of thioether (sulfide) groups is 1. The molecule has 3 aromatic rings. The fourth-order valence-corrected chi connectivity index (χ4v) is 2.66. The van der Waals surface area contributed by atoms with Crippen molar-refractivity contribution < 1.29 is 8.81 Å². The summed E-state index contributed by atoms with van der Waals surface area (Å²) < 4.78 is 18.9. The molecule has 3 nitrogen and oxygen atoms in total. The maximum atomic E-state index is 13.3. The third-order valence-electron chi connectivity index (χ3n) is 2.74. The molecule has 20 heavy (non-hydrogen) atoms. The van der Waals surface area contributed by atoms with Crippen LogP contribution in [0.3, 0.4) is 0 Å². The molecule has 2 N–H and O–H groups in total. The van der Waals surface area contributed by atoms with Crippen LogP contribution in [-0.2, 0) is 5.75 Å². The molecule has 6 heteroatoms. The second-order valence-corrected chi connectivity index (χ2v) is 5.58. The van der Waals surface area contributed by atoms with Gasteiger partial charge in [-0.15, -0.1) is 0 Å². The molecule has 0 spiro atoms. The number of hydrogen-bond acceptors (Lipinski definition) is 4. The summed E-state index contributed by atoms with van der Waals surface area (Å²) in [5.41, 5.74) is 8.55. The van der Waals surface area contributed by atoms with Crippen molar-refractivity contribution in [2.45, 2.75) is 11.0 Å². The van der Waals surface area contributed by atoms with Crippen LogP contribution in [0.5, 0.6) is 0 Å². The van der Waals surface area contributed by atoms with Crippen molar-refractivity contribution in [3.63, 3.8) is 0 Å². The number of rotatable bonds is 3. The SMILES string of the molecule is Nc1ccc2oc(SCc3ccc(Cl)c(F)c3)nc2c1. The van der Waals surface area contributed by atoms with Gasteiger partial charge in [-0.1, -0.05) is 29.4 Å². The number of oxazole rings is 1. The second-order valence-electron chi connectivity index (χ2n) is 4.24. The van der Waals surface area contributed by atoms with Gasteiger partial charge in [0.15, 0.2) is 5.58 Å². The van der Waals surface area contributed by atoms with Crippen molar-refractivity contribution in [3.8, 4) is 0 Å². The van der Waals surface area contributed by atoms with Crippen molar-refractivity contribution in [2.75, 3.05) is 5.73 Å². The van der Waals surface area contributed by atoms with Crippen molar-refractivity contribution in [1.82, 2.24) is 4.98 Å². The van der Waals surface area contributed by atoms with Crippen LogP contribution in [0.1, 0.15) is 5.56 Å². The molecule has 2 aromatic carbocycles. The highest BCUT2D eigenvalue weighted by atomic mass is 35.5. The number of hydrogen-bond donors (Lipinski definition) is 1.